The van der Waals surface area contributed by atoms with Crippen LogP contribution < -0.4 is 11.1 Å². The van der Waals surface area contributed by atoms with Crippen molar-refractivity contribution in [2.75, 3.05) is 5.32 Å². The van der Waals surface area contributed by atoms with Gasteiger partial charge in [-0.15, -0.1) is 0 Å². The van der Waals surface area contributed by atoms with E-state index in [-0.39, 0.29) is 0 Å². The third kappa shape index (κ3) is 2.58. The van der Waals surface area contributed by atoms with E-state index in [9.17, 15) is 4.79 Å². The topological polar surface area (TPSA) is 72.4 Å². The maximum absolute atomic E-state index is 11.1. The first-order valence-corrected chi connectivity index (χ1v) is 6.71. The fourth-order valence-electron chi connectivity index (χ4n) is 2.33. The highest BCUT2D eigenvalue weighted by Gasteiger charge is 2.06. The minimum absolute atomic E-state index is 0.410. The molecule has 106 valence electrons. The molecular weight excluding hydrogens is 264 g/mol. The van der Waals surface area contributed by atoms with Crippen LogP contribution in [0.15, 0.2) is 48.8 Å². The molecule has 1 amide bonds. The molecule has 0 aliphatic carbocycles. The Balaban J connectivity index is 1.80. The molecule has 0 aliphatic rings. The second kappa shape index (κ2) is 5.28. The lowest BCUT2D eigenvalue weighted by molar-refractivity contribution is 0.1000. The van der Waals surface area contributed by atoms with Crippen molar-refractivity contribution in [1.82, 2.24) is 9.61 Å². The monoisotopic (exact) mass is 280 g/mol. The summed E-state index contributed by atoms with van der Waals surface area (Å²) in [7, 11) is 0. The van der Waals surface area contributed by atoms with E-state index in [2.05, 4.69) is 10.4 Å². The number of pyridine rings is 1. The van der Waals surface area contributed by atoms with Crippen LogP contribution >= 0.6 is 0 Å². The van der Waals surface area contributed by atoms with Gasteiger partial charge in [-0.2, -0.15) is 5.10 Å². The minimum atomic E-state index is -0.410. The molecule has 0 aliphatic heterocycles. The van der Waals surface area contributed by atoms with Crippen LogP contribution in [0.4, 0.5) is 5.69 Å². The van der Waals surface area contributed by atoms with Crippen molar-refractivity contribution < 1.29 is 4.79 Å². The van der Waals surface area contributed by atoms with Crippen molar-refractivity contribution in [2.24, 2.45) is 5.73 Å². The van der Waals surface area contributed by atoms with Crippen LogP contribution in [0.5, 0.6) is 0 Å². The third-order valence-corrected chi connectivity index (χ3v) is 3.49. The van der Waals surface area contributed by atoms with Gasteiger partial charge in [0.25, 0.3) is 0 Å². The van der Waals surface area contributed by atoms with Crippen molar-refractivity contribution in [3.05, 3.63) is 65.5 Å². The average molecular weight is 280 g/mol. The summed E-state index contributed by atoms with van der Waals surface area (Å²) in [5.74, 6) is -0.410. The highest BCUT2D eigenvalue weighted by Crippen LogP contribution is 2.18. The molecule has 1 aromatic carbocycles. The van der Waals surface area contributed by atoms with Crippen molar-refractivity contribution in [3.63, 3.8) is 0 Å². The van der Waals surface area contributed by atoms with Crippen molar-refractivity contribution >= 4 is 17.1 Å². The fraction of sp³-hybridized carbons (Fsp3) is 0.125. The Labute approximate surface area is 122 Å². The normalized spacial score (nSPS) is 10.7. The second-order valence-electron chi connectivity index (χ2n) is 4.95. The maximum Gasteiger partial charge on any atom is 0.248 e. The summed E-state index contributed by atoms with van der Waals surface area (Å²) >= 11 is 0. The Bertz CT molecular complexity index is 807. The van der Waals surface area contributed by atoms with Crippen molar-refractivity contribution in [1.29, 1.82) is 0 Å². The average Bonchev–Trinajstić information content (AvgIpc) is 2.89. The summed E-state index contributed by atoms with van der Waals surface area (Å²) in [5, 5.41) is 7.67. The van der Waals surface area contributed by atoms with Gasteiger partial charge in [0.05, 0.1) is 11.7 Å². The standard InChI is InChI=1S/C16H16N4O/c1-11-8-12(16(17)21)5-6-14(11)18-9-13-10-19-20-7-3-2-4-15(13)20/h2-8,10,18H,9H2,1H3,(H2,17,21). The van der Waals surface area contributed by atoms with Crippen LogP contribution in [0.2, 0.25) is 0 Å². The molecule has 5 nitrogen and oxygen atoms in total. The molecule has 3 aromatic rings. The smallest absolute Gasteiger partial charge is 0.248 e. The lowest BCUT2D eigenvalue weighted by Gasteiger charge is -2.09. The molecule has 0 saturated carbocycles. The number of nitrogens with two attached hydrogens (primary N) is 1. The van der Waals surface area contributed by atoms with Gasteiger partial charge in [0.1, 0.15) is 0 Å². The van der Waals surface area contributed by atoms with Crippen LogP contribution in [0.3, 0.4) is 0 Å². The number of carbonyl (C=O) groups excluding carboxylic acids is 1. The molecule has 3 N–H and O–H groups in total. The van der Waals surface area contributed by atoms with Crippen LogP contribution in [0.1, 0.15) is 21.5 Å². The van der Waals surface area contributed by atoms with Gasteiger partial charge in [0.2, 0.25) is 5.91 Å². The molecule has 5 heteroatoms. The van der Waals surface area contributed by atoms with Crippen LogP contribution in [-0.2, 0) is 6.54 Å². The van der Waals surface area contributed by atoms with E-state index < -0.39 is 5.91 Å². The minimum Gasteiger partial charge on any atom is -0.381 e. The Hall–Kier alpha value is -2.82. The van der Waals surface area contributed by atoms with Gasteiger partial charge < -0.3 is 11.1 Å². The van der Waals surface area contributed by atoms with E-state index in [1.165, 1.54) is 0 Å². The summed E-state index contributed by atoms with van der Waals surface area (Å²) in [6.45, 7) is 2.62. The lowest BCUT2D eigenvalue weighted by atomic mass is 10.1. The zero-order valence-electron chi connectivity index (χ0n) is 11.7. The SMILES string of the molecule is Cc1cc(C(N)=O)ccc1NCc1cnn2ccccc12. The number of rotatable bonds is 4. The largest absolute Gasteiger partial charge is 0.381 e. The van der Waals surface area contributed by atoms with Gasteiger partial charge in [-0.25, -0.2) is 4.52 Å². The summed E-state index contributed by atoms with van der Waals surface area (Å²) in [6, 6.07) is 11.4. The number of aromatic nitrogens is 2. The Morgan fingerprint density at radius 1 is 1.33 bits per heavy atom. The molecular formula is C16H16N4O. The van der Waals surface area contributed by atoms with Crippen LogP contribution in [0, 0.1) is 6.92 Å². The van der Waals surface area contributed by atoms with Crippen LogP contribution in [0.25, 0.3) is 5.52 Å². The number of amides is 1. The number of nitrogens with zero attached hydrogens (tertiary/aromatic N) is 2. The number of carbonyl (C=O) groups is 1. The predicted octanol–water partition coefficient (Wildman–Crippen LogP) is 2.35. The van der Waals surface area contributed by atoms with Gasteiger partial charge in [-0.1, -0.05) is 6.07 Å². The number of nitrogens with one attached hydrogen (secondary N) is 1. The first-order chi connectivity index (χ1) is 10.1. The Morgan fingerprint density at radius 2 is 2.19 bits per heavy atom. The molecule has 21 heavy (non-hydrogen) atoms. The Kier molecular flexibility index (Phi) is 3.31. The predicted molar refractivity (Wildman–Crippen MR) is 82.2 cm³/mol. The zero-order chi connectivity index (χ0) is 14.8. The summed E-state index contributed by atoms with van der Waals surface area (Å²) in [5.41, 5.74) is 9.97. The number of hydrogen-bond donors (Lipinski definition) is 2. The molecule has 2 aromatic heterocycles. The Morgan fingerprint density at radius 3 is 2.95 bits per heavy atom. The van der Waals surface area contributed by atoms with Crippen molar-refractivity contribution in [2.45, 2.75) is 13.5 Å². The summed E-state index contributed by atoms with van der Waals surface area (Å²) in [4.78, 5) is 11.1. The van der Waals surface area contributed by atoms with E-state index in [1.54, 1.807) is 12.1 Å². The van der Waals surface area contributed by atoms with Crippen molar-refractivity contribution in [3.8, 4) is 0 Å². The number of benzene rings is 1. The van der Waals surface area contributed by atoms with Gasteiger partial charge in [0.15, 0.2) is 0 Å². The van der Waals surface area contributed by atoms with Gasteiger partial charge in [-0.3, -0.25) is 4.79 Å². The number of fused-ring (bicyclic) bond motifs is 1. The zero-order valence-corrected chi connectivity index (χ0v) is 11.7. The maximum atomic E-state index is 11.1. The molecule has 0 saturated heterocycles. The van der Waals surface area contributed by atoms with Crippen LogP contribution in [-0.4, -0.2) is 15.5 Å². The van der Waals surface area contributed by atoms with E-state index >= 15 is 0 Å². The molecule has 0 bridgehead atoms. The number of aryl methyl sites for hydroxylation is 1. The number of primary amides is 1. The first kappa shape index (κ1) is 13.2. The first-order valence-electron chi connectivity index (χ1n) is 6.71. The number of hydrogen-bond acceptors (Lipinski definition) is 3. The van der Waals surface area contributed by atoms with E-state index in [0.717, 1.165) is 22.3 Å². The third-order valence-electron chi connectivity index (χ3n) is 3.49. The molecule has 0 spiro atoms. The molecule has 3 rings (SSSR count). The van der Waals surface area contributed by atoms with Gasteiger partial charge in [-0.05, 0) is 42.8 Å². The van der Waals surface area contributed by atoms with Gasteiger partial charge >= 0.3 is 0 Å². The second-order valence-corrected chi connectivity index (χ2v) is 4.95. The number of anilines is 1. The van der Waals surface area contributed by atoms with Gasteiger partial charge in [0, 0.05) is 29.6 Å². The van der Waals surface area contributed by atoms with E-state index in [1.807, 2.05) is 48.1 Å². The quantitative estimate of drug-likeness (QED) is 0.770. The fourth-order valence-corrected chi connectivity index (χ4v) is 2.33. The van der Waals surface area contributed by atoms with E-state index in [0.29, 0.717) is 12.1 Å². The highest BCUT2D eigenvalue weighted by atomic mass is 16.1. The molecule has 0 radical (unpaired) electrons. The molecule has 0 unspecified atom stereocenters. The highest BCUT2D eigenvalue weighted by molar-refractivity contribution is 5.93. The van der Waals surface area contributed by atoms with E-state index in [4.69, 9.17) is 5.73 Å². The molecule has 2 heterocycles. The molecule has 0 atom stereocenters. The summed E-state index contributed by atoms with van der Waals surface area (Å²) in [6.07, 6.45) is 3.78. The lowest BCUT2D eigenvalue weighted by Crippen LogP contribution is -2.11. The molecule has 0 fully saturated rings. The summed E-state index contributed by atoms with van der Waals surface area (Å²) < 4.78 is 1.85.